The zero-order valence-electron chi connectivity index (χ0n) is 14.7. The van der Waals surface area contributed by atoms with Gasteiger partial charge >= 0.3 is 0 Å². The van der Waals surface area contributed by atoms with E-state index in [9.17, 15) is 9.59 Å². The van der Waals surface area contributed by atoms with Gasteiger partial charge in [0.15, 0.2) is 0 Å². The number of carbonyl (C=O) groups excluding carboxylic acids is 2. The number of hydrazine groups is 1. The minimum Gasteiger partial charge on any atom is -0.272 e. The Balaban J connectivity index is 1.68. The molecule has 4 nitrogen and oxygen atoms in total. The number of benzene rings is 3. The lowest BCUT2D eigenvalue weighted by Crippen LogP contribution is -2.43. The number of carbonyl (C=O) groups is 2. The average molecular weight is 356 g/mol. The second-order valence-corrected chi connectivity index (χ2v) is 5.98. The number of hydrogen-bond acceptors (Lipinski definition) is 2. The van der Waals surface area contributed by atoms with Crippen molar-refractivity contribution in [3.63, 3.8) is 0 Å². The molecule has 0 heterocycles. The van der Waals surface area contributed by atoms with E-state index in [-0.39, 0.29) is 5.91 Å². The Morgan fingerprint density at radius 2 is 1.15 bits per heavy atom. The number of rotatable bonds is 5. The highest BCUT2D eigenvalue weighted by Gasteiger charge is 2.22. The van der Waals surface area contributed by atoms with Crippen LogP contribution in [0.15, 0.2) is 97.1 Å². The zero-order chi connectivity index (χ0) is 18.9. The fourth-order valence-electron chi connectivity index (χ4n) is 2.76. The third-order valence-corrected chi connectivity index (χ3v) is 4.06. The summed E-state index contributed by atoms with van der Waals surface area (Å²) in [6, 6.07) is 28.4. The SMILES string of the molecule is O=C(/C=C\c1ccccc1)NNC(=O)C(c1ccccc1)c1ccccc1. The average Bonchev–Trinajstić information content (AvgIpc) is 2.73. The van der Waals surface area contributed by atoms with Crippen molar-refractivity contribution in [2.45, 2.75) is 5.92 Å². The van der Waals surface area contributed by atoms with Gasteiger partial charge in [0.2, 0.25) is 5.91 Å². The highest BCUT2D eigenvalue weighted by atomic mass is 16.2. The van der Waals surface area contributed by atoms with Gasteiger partial charge in [0.1, 0.15) is 0 Å². The van der Waals surface area contributed by atoms with Crippen molar-refractivity contribution < 1.29 is 9.59 Å². The van der Waals surface area contributed by atoms with E-state index in [0.717, 1.165) is 16.7 Å². The molecule has 0 bridgehead atoms. The fourth-order valence-corrected chi connectivity index (χ4v) is 2.76. The normalized spacial score (nSPS) is 10.7. The number of nitrogens with one attached hydrogen (secondary N) is 2. The maximum Gasteiger partial charge on any atom is 0.262 e. The predicted octanol–water partition coefficient (Wildman–Crippen LogP) is 3.68. The van der Waals surface area contributed by atoms with Gasteiger partial charge in [-0.25, -0.2) is 0 Å². The second kappa shape index (κ2) is 9.15. The molecule has 2 N–H and O–H groups in total. The van der Waals surface area contributed by atoms with Crippen LogP contribution in [-0.2, 0) is 9.59 Å². The van der Waals surface area contributed by atoms with E-state index in [1.807, 2.05) is 91.0 Å². The molecular formula is C23H20N2O2. The van der Waals surface area contributed by atoms with Crippen LogP contribution in [-0.4, -0.2) is 11.8 Å². The van der Waals surface area contributed by atoms with Gasteiger partial charge < -0.3 is 0 Å². The van der Waals surface area contributed by atoms with Crippen molar-refractivity contribution >= 4 is 17.9 Å². The van der Waals surface area contributed by atoms with E-state index in [1.165, 1.54) is 6.08 Å². The molecule has 0 radical (unpaired) electrons. The van der Waals surface area contributed by atoms with Crippen molar-refractivity contribution in [3.05, 3.63) is 114 Å². The summed E-state index contributed by atoms with van der Waals surface area (Å²) < 4.78 is 0. The molecule has 3 aromatic rings. The minimum atomic E-state index is -0.509. The summed E-state index contributed by atoms with van der Waals surface area (Å²) in [5.41, 5.74) is 7.59. The van der Waals surface area contributed by atoms with Crippen LogP contribution >= 0.6 is 0 Å². The Bertz CT molecular complexity index is 867. The lowest BCUT2D eigenvalue weighted by atomic mass is 9.91. The molecule has 0 aliphatic carbocycles. The topological polar surface area (TPSA) is 58.2 Å². The Morgan fingerprint density at radius 3 is 1.67 bits per heavy atom. The van der Waals surface area contributed by atoms with Crippen molar-refractivity contribution in [3.8, 4) is 0 Å². The van der Waals surface area contributed by atoms with Crippen LogP contribution < -0.4 is 10.9 Å². The van der Waals surface area contributed by atoms with E-state index in [1.54, 1.807) is 6.08 Å². The molecule has 2 amide bonds. The molecule has 4 heteroatoms. The largest absolute Gasteiger partial charge is 0.272 e. The summed E-state index contributed by atoms with van der Waals surface area (Å²) in [5.74, 6) is -1.20. The highest BCUT2D eigenvalue weighted by molar-refractivity contribution is 5.94. The van der Waals surface area contributed by atoms with Crippen LogP contribution in [0, 0.1) is 0 Å². The molecule has 0 aromatic heterocycles. The van der Waals surface area contributed by atoms with Gasteiger partial charge in [-0.15, -0.1) is 0 Å². The van der Waals surface area contributed by atoms with Gasteiger partial charge in [0, 0.05) is 6.08 Å². The van der Waals surface area contributed by atoms with Gasteiger partial charge in [0.25, 0.3) is 5.91 Å². The first-order chi connectivity index (χ1) is 13.2. The first-order valence-electron chi connectivity index (χ1n) is 8.67. The standard InChI is InChI=1S/C23H20N2O2/c26-21(17-16-18-10-4-1-5-11-18)24-25-23(27)22(19-12-6-2-7-13-19)20-14-8-3-9-15-20/h1-17,22H,(H,24,26)(H,25,27)/b17-16-. The van der Waals surface area contributed by atoms with Crippen molar-refractivity contribution in [1.82, 2.24) is 10.9 Å². The van der Waals surface area contributed by atoms with Gasteiger partial charge in [-0.3, -0.25) is 20.4 Å². The van der Waals surface area contributed by atoms with Gasteiger partial charge in [0.05, 0.1) is 5.92 Å². The number of hydrogen-bond donors (Lipinski definition) is 2. The van der Waals surface area contributed by atoms with Crippen LogP contribution in [0.1, 0.15) is 22.6 Å². The van der Waals surface area contributed by atoms with E-state index < -0.39 is 11.8 Å². The van der Waals surface area contributed by atoms with Crippen LogP contribution in [0.5, 0.6) is 0 Å². The molecule has 27 heavy (non-hydrogen) atoms. The summed E-state index contributed by atoms with van der Waals surface area (Å²) in [6.07, 6.45) is 3.07. The molecule has 3 aromatic carbocycles. The monoisotopic (exact) mass is 356 g/mol. The van der Waals surface area contributed by atoms with Gasteiger partial charge in [-0.05, 0) is 22.8 Å². The highest BCUT2D eigenvalue weighted by Crippen LogP contribution is 2.24. The summed E-state index contributed by atoms with van der Waals surface area (Å²) in [6.45, 7) is 0. The second-order valence-electron chi connectivity index (χ2n) is 5.98. The summed E-state index contributed by atoms with van der Waals surface area (Å²) in [7, 11) is 0. The fraction of sp³-hybridized carbons (Fsp3) is 0.0435. The van der Waals surface area contributed by atoms with Crippen molar-refractivity contribution in [2.24, 2.45) is 0 Å². The molecule has 0 aliphatic rings. The molecule has 0 unspecified atom stereocenters. The Labute approximate surface area is 158 Å². The predicted molar refractivity (Wildman–Crippen MR) is 106 cm³/mol. The van der Waals surface area contributed by atoms with E-state index in [4.69, 9.17) is 0 Å². The molecule has 3 rings (SSSR count). The Hall–Kier alpha value is -3.66. The Kier molecular flexibility index (Phi) is 6.15. The lowest BCUT2D eigenvalue weighted by molar-refractivity contribution is -0.127. The van der Waals surface area contributed by atoms with Crippen molar-refractivity contribution in [2.75, 3.05) is 0 Å². The van der Waals surface area contributed by atoms with Crippen LogP contribution in [0.3, 0.4) is 0 Å². The molecule has 0 aliphatic heterocycles. The minimum absolute atomic E-state index is 0.297. The first kappa shape index (κ1) is 18.1. The zero-order valence-corrected chi connectivity index (χ0v) is 14.7. The van der Waals surface area contributed by atoms with Gasteiger partial charge in [-0.1, -0.05) is 91.0 Å². The maximum atomic E-state index is 12.8. The first-order valence-corrected chi connectivity index (χ1v) is 8.67. The summed E-state index contributed by atoms with van der Waals surface area (Å²) in [4.78, 5) is 24.8. The molecular weight excluding hydrogens is 336 g/mol. The molecule has 0 spiro atoms. The van der Waals surface area contributed by atoms with E-state index >= 15 is 0 Å². The van der Waals surface area contributed by atoms with E-state index in [2.05, 4.69) is 10.9 Å². The van der Waals surface area contributed by atoms with Crippen LogP contribution in [0.4, 0.5) is 0 Å². The van der Waals surface area contributed by atoms with E-state index in [0.29, 0.717) is 0 Å². The molecule has 0 fully saturated rings. The molecule has 0 saturated carbocycles. The molecule has 0 saturated heterocycles. The smallest absolute Gasteiger partial charge is 0.262 e. The van der Waals surface area contributed by atoms with Gasteiger partial charge in [-0.2, -0.15) is 0 Å². The third-order valence-electron chi connectivity index (χ3n) is 4.06. The molecule has 0 atom stereocenters. The summed E-state index contributed by atoms with van der Waals surface area (Å²) in [5, 5.41) is 0. The lowest BCUT2D eigenvalue weighted by Gasteiger charge is -2.17. The molecule has 134 valence electrons. The quantitative estimate of drug-likeness (QED) is 0.541. The number of amides is 2. The Morgan fingerprint density at radius 1 is 0.667 bits per heavy atom. The third kappa shape index (κ3) is 5.16. The van der Waals surface area contributed by atoms with Crippen LogP contribution in [0.2, 0.25) is 0 Å². The maximum absolute atomic E-state index is 12.8. The van der Waals surface area contributed by atoms with Crippen molar-refractivity contribution in [1.29, 1.82) is 0 Å². The summed E-state index contributed by atoms with van der Waals surface area (Å²) >= 11 is 0. The van der Waals surface area contributed by atoms with Crippen LogP contribution in [0.25, 0.3) is 6.08 Å².